The van der Waals surface area contributed by atoms with Crippen molar-refractivity contribution in [3.8, 4) is 17.1 Å². The van der Waals surface area contributed by atoms with Crippen molar-refractivity contribution in [2.24, 2.45) is 5.92 Å². The Morgan fingerprint density at radius 1 is 1.05 bits per heavy atom. The molecule has 0 saturated carbocycles. The molecule has 13 heteroatoms. The van der Waals surface area contributed by atoms with Gasteiger partial charge in [-0.25, -0.2) is 18.9 Å². The lowest BCUT2D eigenvalue weighted by Crippen LogP contribution is -2.43. The van der Waals surface area contributed by atoms with Crippen LogP contribution in [0.4, 0.5) is 4.79 Å². The summed E-state index contributed by atoms with van der Waals surface area (Å²) in [6.07, 6.45) is 0.976. The number of benzene rings is 2. The number of rotatable bonds is 6. The molecular formula is C29H32Cl2N5O5P. The Morgan fingerprint density at radius 2 is 1.71 bits per heavy atom. The first-order valence-electron chi connectivity index (χ1n) is 13.5. The number of hydrogen-bond acceptors (Lipinski definition) is 6. The van der Waals surface area contributed by atoms with Crippen molar-refractivity contribution in [3.63, 3.8) is 0 Å². The van der Waals surface area contributed by atoms with Crippen LogP contribution in [-0.4, -0.2) is 55.2 Å². The van der Waals surface area contributed by atoms with E-state index in [1.165, 1.54) is 7.11 Å². The van der Waals surface area contributed by atoms with Gasteiger partial charge in [-0.2, -0.15) is 0 Å². The lowest BCUT2D eigenvalue weighted by atomic mass is 9.97. The van der Waals surface area contributed by atoms with Gasteiger partial charge in [0.1, 0.15) is 20.4 Å². The van der Waals surface area contributed by atoms with Gasteiger partial charge in [0, 0.05) is 43.0 Å². The Labute approximate surface area is 254 Å². The fourth-order valence-corrected chi connectivity index (χ4v) is 5.99. The molecule has 4 aromatic rings. The Kier molecular flexibility index (Phi) is 8.81. The van der Waals surface area contributed by atoms with Gasteiger partial charge in [-0.05, 0) is 75.9 Å². The third kappa shape index (κ3) is 6.13. The fourth-order valence-electron chi connectivity index (χ4n) is 5.08. The van der Waals surface area contributed by atoms with Gasteiger partial charge in [-0.3, -0.25) is 13.9 Å². The molecule has 1 unspecified atom stereocenters. The number of aromatic nitrogens is 4. The van der Waals surface area contributed by atoms with Gasteiger partial charge in [0.2, 0.25) is 0 Å². The van der Waals surface area contributed by atoms with Crippen LogP contribution in [0.2, 0.25) is 10.0 Å². The first-order valence-corrected chi connectivity index (χ1v) is 15.2. The molecule has 222 valence electrons. The minimum absolute atomic E-state index is 0.0610. The molecule has 3 heterocycles. The third-order valence-electron chi connectivity index (χ3n) is 7.03. The summed E-state index contributed by atoms with van der Waals surface area (Å²) in [5.74, 6) is 0.479. The molecule has 1 aliphatic rings. The number of hydrogen-bond donors (Lipinski definition) is 0. The fraction of sp³-hybridized carbons (Fsp3) is 0.379. The normalized spacial score (nSPS) is 14.8. The average molecular weight is 632 g/mol. The minimum atomic E-state index is -0.578. The Morgan fingerprint density at radius 3 is 2.33 bits per heavy atom. The number of imidazole rings is 1. The number of ether oxygens (including phenoxy) is 1. The second-order valence-corrected chi connectivity index (χ2v) is 13.0. The van der Waals surface area contributed by atoms with Crippen LogP contribution in [0.25, 0.3) is 28.2 Å². The highest BCUT2D eigenvalue weighted by Crippen LogP contribution is 2.33. The zero-order valence-corrected chi connectivity index (χ0v) is 26.3. The van der Waals surface area contributed by atoms with E-state index in [0.29, 0.717) is 59.6 Å². The average Bonchev–Trinajstić information content (AvgIpc) is 3.34. The second-order valence-electron chi connectivity index (χ2n) is 11.1. The third-order valence-corrected chi connectivity index (χ3v) is 8.37. The molecule has 2 aromatic heterocycles. The highest BCUT2D eigenvalue weighted by Gasteiger charge is 2.30. The summed E-state index contributed by atoms with van der Waals surface area (Å²) in [6, 6.07) is 14.2. The summed E-state index contributed by atoms with van der Waals surface area (Å²) in [5, 5.41) is 0.987. The van der Waals surface area contributed by atoms with Crippen LogP contribution in [0.15, 0.2) is 58.1 Å². The monoisotopic (exact) mass is 631 g/mol. The Hall–Kier alpha value is -3.17. The summed E-state index contributed by atoms with van der Waals surface area (Å²) >= 11 is 12.8. The van der Waals surface area contributed by atoms with Gasteiger partial charge in [0.15, 0.2) is 11.2 Å². The van der Waals surface area contributed by atoms with E-state index < -0.39 is 25.8 Å². The largest absolute Gasteiger partial charge is 0.444 e. The van der Waals surface area contributed by atoms with Crippen LogP contribution in [0.1, 0.15) is 33.6 Å². The van der Waals surface area contributed by atoms with Crippen molar-refractivity contribution in [3.05, 3.63) is 79.4 Å². The van der Waals surface area contributed by atoms with Gasteiger partial charge in [-0.15, -0.1) is 0 Å². The Balaban J connectivity index is 1.63. The van der Waals surface area contributed by atoms with E-state index in [9.17, 15) is 14.4 Å². The predicted molar refractivity (Wildman–Crippen MR) is 166 cm³/mol. The first-order chi connectivity index (χ1) is 20.0. The summed E-state index contributed by atoms with van der Waals surface area (Å²) in [4.78, 5) is 46.8. The van der Waals surface area contributed by atoms with Gasteiger partial charge in [-0.1, -0.05) is 35.3 Å². The SMILES string of the molecule is COPn1c(=O)c2c(nc(-c3ccccc3Cl)n2-c2ccc(Cl)cc2)n(CC2CCN(C(=O)OC(C)(C)C)CC2)c1=O. The van der Waals surface area contributed by atoms with Gasteiger partial charge in [0.25, 0.3) is 5.56 Å². The molecule has 0 aliphatic carbocycles. The second kappa shape index (κ2) is 12.2. The molecule has 0 spiro atoms. The number of carbonyl (C=O) groups is 1. The number of nitrogens with zero attached hydrogens (tertiary/aromatic N) is 5. The van der Waals surface area contributed by atoms with Crippen LogP contribution in [0.5, 0.6) is 0 Å². The van der Waals surface area contributed by atoms with Crippen LogP contribution in [0.3, 0.4) is 0 Å². The molecule has 1 fully saturated rings. The molecule has 2 aromatic carbocycles. The molecule has 10 nitrogen and oxygen atoms in total. The molecule has 1 amide bonds. The minimum Gasteiger partial charge on any atom is -0.444 e. The molecule has 0 bridgehead atoms. The van der Waals surface area contributed by atoms with E-state index in [2.05, 4.69) is 0 Å². The van der Waals surface area contributed by atoms with Crippen LogP contribution in [0, 0.1) is 5.92 Å². The van der Waals surface area contributed by atoms with Crippen molar-refractivity contribution in [1.29, 1.82) is 0 Å². The van der Waals surface area contributed by atoms with E-state index in [0.717, 1.165) is 4.34 Å². The first kappa shape index (κ1) is 30.3. The number of fused-ring (bicyclic) bond motifs is 1. The molecule has 5 rings (SSSR count). The maximum absolute atomic E-state index is 13.9. The highest BCUT2D eigenvalue weighted by molar-refractivity contribution is 7.30. The van der Waals surface area contributed by atoms with Crippen LogP contribution in [-0.2, 0) is 15.8 Å². The van der Waals surface area contributed by atoms with Gasteiger partial charge < -0.3 is 14.2 Å². The van der Waals surface area contributed by atoms with Crippen molar-refractivity contribution in [2.45, 2.75) is 45.8 Å². The summed E-state index contributed by atoms with van der Waals surface area (Å²) < 4.78 is 15.2. The lowest BCUT2D eigenvalue weighted by Gasteiger charge is -2.33. The molecule has 0 N–H and O–H groups in total. The molecule has 1 saturated heterocycles. The van der Waals surface area contributed by atoms with E-state index in [-0.39, 0.29) is 23.2 Å². The molecule has 1 atom stereocenters. The van der Waals surface area contributed by atoms with E-state index in [1.54, 1.807) is 44.4 Å². The highest BCUT2D eigenvalue weighted by atomic mass is 35.5. The maximum atomic E-state index is 13.9. The summed E-state index contributed by atoms with van der Waals surface area (Å²) in [7, 11) is 0.923. The number of amides is 1. The number of halogens is 2. The molecule has 42 heavy (non-hydrogen) atoms. The molecule has 0 radical (unpaired) electrons. The van der Waals surface area contributed by atoms with Crippen molar-refractivity contribution in [2.75, 3.05) is 20.2 Å². The van der Waals surface area contributed by atoms with Crippen molar-refractivity contribution >= 4 is 49.4 Å². The number of likely N-dealkylation sites (tertiary alicyclic amines) is 1. The number of carbonyl (C=O) groups excluding carboxylic acids is 1. The Bertz CT molecular complexity index is 1730. The molecule has 1 aliphatic heterocycles. The van der Waals surface area contributed by atoms with Crippen molar-refractivity contribution < 1.29 is 14.1 Å². The molecular weight excluding hydrogens is 600 g/mol. The van der Waals surface area contributed by atoms with Gasteiger partial charge >= 0.3 is 11.8 Å². The van der Waals surface area contributed by atoms with Crippen molar-refractivity contribution in [1.82, 2.24) is 23.4 Å². The smallest absolute Gasteiger partial charge is 0.410 e. The van der Waals surface area contributed by atoms with Crippen LogP contribution >= 0.6 is 32.2 Å². The van der Waals surface area contributed by atoms with E-state index in [4.69, 9.17) is 37.4 Å². The summed E-state index contributed by atoms with van der Waals surface area (Å²) in [6.45, 7) is 6.83. The van der Waals surface area contributed by atoms with E-state index >= 15 is 0 Å². The quantitative estimate of drug-likeness (QED) is 0.243. The lowest BCUT2D eigenvalue weighted by molar-refractivity contribution is 0.0178. The predicted octanol–water partition coefficient (Wildman–Crippen LogP) is 5.97. The van der Waals surface area contributed by atoms with E-state index in [1.807, 2.05) is 39.0 Å². The standard InChI is InChI=1S/C29H32Cl2N5O5P/c1-29(2,3)41-28(39)33-15-13-18(14-16-33)17-34-25-23(26(37)36(27(34)38)42-40-4)35(20-11-9-19(30)10-12-20)24(32-25)21-7-5-6-8-22(21)31/h5-12,18,42H,13-17H2,1-4H3. The topological polar surface area (TPSA) is 101 Å². The number of piperidine rings is 1. The van der Waals surface area contributed by atoms with Gasteiger partial charge in [0.05, 0.1) is 5.02 Å². The summed E-state index contributed by atoms with van der Waals surface area (Å²) in [5.41, 5.74) is 0.113. The zero-order valence-electron chi connectivity index (χ0n) is 23.8. The maximum Gasteiger partial charge on any atom is 0.410 e. The van der Waals surface area contributed by atoms with Crippen LogP contribution < -0.4 is 11.2 Å². The zero-order chi connectivity index (χ0) is 30.2.